The van der Waals surface area contributed by atoms with Gasteiger partial charge in [0.05, 0.1) is 0 Å². The second-order valence-corrected chi connectivity index (χ2v) is 6.98. The number of amides is 1. The first-order valence-corrected chi connectivity index (χ1v) is 7.39. The van der Waals surface area contributed by atoms with Crippen LogP contribution in [-0.4, -0.2) is 66.3 Å². The third-order valence-corrected chi connectivity index (χ3v) is 5.18. The van der Waals surface area contributed by atoms with Gasteiger partial charge in [-0.05, 0) is 26.3 Å². The van der Waals surface area contributed by atoms with Gasteiger partial charge in [-0.3, -0.25) is 9.10 Å². The first-order chi connectivity index (χ1) is 8.58. The quantitative estimate of drug-likeness (QED) is 0.710. The monoisotopic (exact) mass is 269 g/mol. The molecule has 3 aliphatic heterocycles. The van der Waals surface area contributed by atoms with E-state index in [-0.39, 0.29) is 5.92 Å². The van der Waals surface area contributed by atoms with Crippen molar-refractivity contribution in [1.29, 1.82) is 0 Å². The molecule has 0 N–H and O–H groups in total. The minimum Gasteiger partial charge on any atom is -0.342 e. The molecule has 0 unspecified atom stereocenters. The van der Waals surface area contributed by atoms with Gasteiger partial charge in [-0.15, -0.1) is 0 Å². The fourth-order valence-electron chi connectivity index (χ4n) is 3.85. The third kappa shape index (κ3) is 2.28. The fourth-order valence-corrected chi connectivity index (χ4v) is 4.08. The highest BCUT2D eigenvalue weighted by atomic mass is 32.1. The van der Waals surface area contributed by atoms with Gasteiger partial charge in [0, 0.05) is 50.6 Å². The van der Waals surface area contributed by atoms with Gasteiger partial charge in [0.2, 0.25) is 5.91 Å². The van der Waals surface area contributed by atoms with E-state index in [1.54, 1.807) is 0 Å². The second-order valence-electron chi connectivity index (χ2n) is 6.41. The van der Waals surface area contributed by atoms with Crippen LogP contribution in [0.4, 0.5) is 0 Å². The summed E-state index contributed by atoms with van der Waals surface area (Å²) in [5, 5.41) is 0. The highest BCUT2D eigenvalue weighted by molar-refractivity contribution is 7.77. The molecule has 0 saturated carbocycles. The first-order valence-electron chi connectivity index (χ1n) is 6.99. The highest BCUT2D eigenvalue weighted by Gasteiger charge is 2.47. The van der Waals surface area contributed by atoms with Crippen molar-refractivity contribution < 1.29 is 4.79 Å². The topological polar surface area (TPSA) is 26.8 Å². The summed E-state index contributed by atoms with van der Waals surface area (Å²) in [5.41, 5.74) is 0.439. The maximum absolute atomic E-state index is 12.5. The van der Waals surface area contributed by atoms with Crippen LogP contribution in [-0.2, 0) is 4.79 Å². The fraction of sp³-hybridized carbons (Fsp3) is 0.923. The van der Waals surface area contributed by atoms with Gasteiger partial charge in [0.1, 0.15) is 0 Å². The molecule has 0 aromatic rings. The summed E-state index contributed by atoms with van der Waals surface area (Å²) in [6.07, 6.45) is 3.16. The summed E-state index contributed by atoms with van der Waals surface area (Å²) < 4.78 is 2.02. The Morgan fingerprint density at radius 3 is 2.44 bits per heavy atom. The predicted octanol–water partition coefficient (Wildman–Crippen LogP) is 0.707. The minimum atomic E-state index is 0.251. The smallest absolute Gasteiger partial charge is 0.225 e. The molecule has 0 aliphatic carbocycles. The van der Waals surface area contributed by atoms with Gasteiger partial charge < -0.3 is 9.80 Å². The van der Waals surface area contributed by atoms with Crippen LogP contribution >= 0.6 is 12.8 Å². The van der Waals surface area contributed by atoms with Gasteiger partial charge in [-0.1, -0.05) is 12.8 Å². The third-order valence-electron chi connectivity index (χ3n) is 4.78. The predicted molar refractivity (Wildman–Crippen MR) is 74.4 cm³/mol. The standard InChI is InChI=1S/C13H23N3OS/c1-14-8-13(9-14)4-7-15(10-13)12(17)11-2-5-16(18)6-3-11/h11,18H,2-10H2,1H3. The molecule has 4 nitrogen and oxygen atoms in total. The number of carbonyl (C=O) groups is 1. The molecule has 0 radical (unpaired) electrons. The zero-order valence-corrected chi connectivity index (χ0v) is 12.0. The Bertz CT molecular complexity index is 335. The van der Waals surface area contributed by atoms with E-state index in [1.165, 1.54) is 19.5 Å². The van der Waals surface area contributed by atoms with Gasteiger partial charge in [-0.2, -0.15) is 0 Å². The number of likely N-dealkylation sites (tertiary alicyclic amines) is 2. The summed E-state index contributed by atoms with van der Waals surface area (Å²) in [7, 11) is 2.16. The maximum Gasteiger partial charge on any atom is 0.225 e. The number of thiol groups is 1. The Labute approximate surface area is 115 Å². The normalized spacial score (nSPS) is 29.8. The Morgan fingerprint density at radius 2 is 1.83 bits per heavy atom. The number of carbonyl (C=O) groups excluding carboxylic acids is 1. The zero-order valence-electron chi connectivity index (χ0n) is 11.1. The zero-order chi connectivity index (χ0) is 12.8. The molecule has 1 amide bonds. The van der Waals surface area contributed by atoms with Gasteiger partial charge >= 0.3 is 0 Å². The van der Waals surface area contributed by atoms with E-state index in [4.69, 9.17) is 0 Å². The molecule has 3 rings (SSSR count). The number of rotatable bonds is 1. The number of hydrogen-bond acceptors (Lipinski definition) is 4. The van der Waals surface area contributed by atoms with Crippen LogP contribution in [0.25, 0.3) is 0 Å². The van der Waals surface area contributed by atoms with Crippen LogP contribution in [0.1, 0.15) is 19.3 Å². The summed E-state index contributed by atoms with van der Waals surface area (Å²) >= 11 is 4.34. The van der Waals surface area contributed by atoms with Gasteiger partial charge in [0.15, 0.2) is 0 Å². The molecule has 0 atom stereocenters. The molecule has 0 aromatic carbocycles. The van der Waals surface area contributed by atoms with E-state index >= 15 is 0 Å². The van der Waals surface area contributed by atoms with Crippen LogP contribution in [0.3, 0.4) is 0 Å². The van der Waals surface area contributed by atoms with E-state index in [0.717, 1.165) is 39.0 Å². The molecule has 102 valence electrons. The molecular formula is C13H23N3OS. The summed E-state index contributed by atoms with van der Waals surface area (Å²) in [6.45, 7) is 6.21. The van der Waals surface area contributed by atoms with Crippen molar-refractivity contribution >= 4 is 18.7 Å². The minimum absolute atomic E-state index is 0.251. The Kier molecular flexibility index (Phi) is 3.32. The molecule has 18 heavy (non-hydrogen) atoms. The molecule has 0 bridgehead atoms. The van der Waals surface area contributed by atoms with E-state index in [9.17, 15) is 4.79 Å². The molecule has 0 aromatic heterocycles. The number of hydrogen-bond donors (Lipinski definition) is 1. The molecule has 1 spiro atoms. The van der Waals surface area contributed by atoms with Gasteiger partial charge in [0.25, 0.3) is 0 Å². The van der Waals surface area contributed by atoms with Crippen molar-refractivity contribution in [2.75, 3.05) is 46.3 Å². The SMILES string of the molecule is CN1CC2(CCN(C(=O)C3CCN(S)CC3)C2)C1. The summed E-state index contributed by atoms with van der Waals surface area (Å²) in [6, 6.07) is 0. The maximum atomic E-state index is 12.5. The lowest BCUT2D eigenvalue weighted by Gasteiger charge is -2.46. The number of nitrogens with zero attached hydrogens (tertiary/aromatic N) is 3. The second kappa shape index (κ2) is 4.69. The average molecular weight is 269 g/mol. The van der Waals surface area contributed by atoms with Gasteiger partial charge in [-0.25, -0.2) is 0 Å². The van der Waals surface area contributed by atoms with Crippen LogP contribution in [0, 0.1) is 11.3 Å². The average Bonchev–Trinajstić information content (AvgIpc) is 2.74. The van der Waals surface area contributed by atoms with Crippen molar-refractivity contribution in [3.05, 3.63) is 0 Å². The lowest BCUT2D eigenvalue weighted by Crippen LogP contribution is -2.56. The van der Waals surface area contributed by atoms with Crippen LogP contribution < -0.4 is 0 Å². The molecular weight excluding hydrogens is 246 g/mol. The Hall–Kier alpha value is -0.260. The number of piperidine rings is 1. The van der Waals surface area contributed by atoms with E-state index < -0.39 is 0 Å². The molecule has 5 heteroatoms. The van der Waals surface area contributed by atoms with Crippen molar-refractivity contribution in [3.63, 3.8) is 0 Å². The van der Waals surface area contributed by atoms with Crippen LogP contribution in [0.5, 0.6) is 0 Å². The van der Waals surface area contributed by atoms with Crippen molar-refractivity contribution in [2.45, 2.75) is 19.3 Å². The molecule has 3 saturated heterocycles. The molecule has 3 aliphatic rings. The van der Waals surface area contributed by atoms with Crippen molar-refractivity contribution in [1.82, 2.24) is 14.1 Å². The van der Waals surface area contributed by atoms with E-state index in [2.05, 4.69) is 29.7 Å². The summed E-state index contributed by atoms with van der Waals surface area (Å²) in [4.78, 5) is 17.0. The Balaban J connectivity index is 1.55. The Morgan fingerprint density at radius 1 is 1.17 bits per heavy atom. The van der Waals surface area contributed by atoms with Crippen molar-refractivity contribution in [2.24, 2.45) is 11.3 Å². The lowest BCUT2D eigenvalue weighted by atomic mass is 9.79. The van der Waals surface area contributed by atoms with Crippen molar-refractivity contribution in [3.8, 4) is 0 Å². The van der Waals surface area contributed by atoms with Crippen LogP contribution in [0.15, 0.2) is 0 Å². The van der Waals surface area contributed by atoms with Crippen LogP contribution in [0.2, 0.25) is 0 Å². The molecule has 3 heterocycles. The molecule has 3 fully saturated rings. The lowest BCUT2D eigenvalue weighted by molar-refractivity contribution is -0.136. The first kappa shape index (κ1) is 12.8. The highest BCUT2D eigenvalue weighted by Crippen LogP contribution is 2.39. The largest absolute Gasteiger partial charge is 0.342 e. The van der Waals surface area contributed by atoms with E-state index in [1.807, 2.05) is 4.31 Å². The van der Waals surface area contributed by atoms with E-state index in [0.29, 0.717) is 11.3 Å². The summed E-state index contributed by atoms with van der Waals surface area (Å²) in [5.74, 6) is 0.657.